The van der Waals surface area contributed by atoms with Crippen LogP contribution in [0.5, 0.6) is 0 Å². The summed E-state index contributed by atoms with van der Waals surface area (Å²) in [6.45, 7) is 0. The van der Waals surface area contributed by atoms with Crippen molar-refractivity contribution in [3.8, 4) is 0 Å². The summed E-state index contributed by atoms with van der Waals surface area (Å²) in [5.41, 5.74) is 5.95. The summed E-state index contributed by atoms with van der Waals surface area (Å²) in [4.78, 5) is 4.79. The average Bonchev–Trinajstić information content (AvgIpc) is 2.73. The van der Waals surface area contributed by atoms with E-state index in [2.05, 4.69) is 4.98 Å². The number of nitrogens with one attached hydrogen (secondary N) is 1. The van der Waals surface area contributed by atoms with Crippen LogP contribution in [0.25, 0.3) is 0 Å². The average molecular weight is 254 g/mol. The Kier molecular flexibility index (Phi) is 3.17. The van der Waals surface area contributed by atoms with Gasteiger partial charge in [0.25, 0.3) is 5.22 Å². The molecule has 0 saturated heterocycles. The van der Waals surface area contributed by atoms with Gasteiger partial charge in [-0.05, 0) is 23.9 Å². The van der Waals surface area contributed by atoms with Crippen molar-refractivity contribution in [3.63, 3.8) is 0 Å². The number of hydrogen-bond donors (Lipinski definition) is 2. The Morgan fingerprint density at radius 1 is 1.50 bits per heavy atom. The number of oxazole rings is 1. The van der Waals surface area contributed by atoms with Crippen molar-refractivity contribution < 1.29 is 4.42 Å². The van der Waals surface area contributed by atoms with E-state index in [1.54, 1.807) is 24.4 Å². The summed E-state index contributed by atoms with van der Waals surface area (Å²) in [6.07, 6.45) is 3.07. The monoisotopic (exact) mass is 253 g/mol. The molecule has 4 nitrogen and oxygen atoms in total. The van der Waals surface area contributed by atoms with Gasteiger partial charge in [-0.2, -0.15) is 0 Å². The third-order valence-corrected chi connectivity index (χ3v) is 3.23. The van der Waals surface area contributed by atoms with Gasteiger partial charge in [0.05, 0.1) is 11.2 Å². The maximum atomic E-state index is 7.28. The third-order valence-electron chi connectivity index (χ3n) is 1.85. The molecule has 2 rings (SSSR count). The largest absolute Gasteiger partial charge is 0.440 e. The van der Waals surface area contributed by atoms with Crippen LogP contribution < -0.4 is 5.73 Å². The number of nitrogen functional groups attached to an aromatic ring is 1. The number of nitrogens with two attached hydrogens (primary N) is 1. The highest BCUT2D eigenvalue weighted by Crippen LogP contribution is 2.32. The number of amidine groups is 1. The Morgan fingerprint density at radius 2 is 2.31 bits per heavy atom. The molecule has 0 aliphatic carbocycles. The van der Waals surface area contributed by atoms with E-state index in [-0.39, 0.29) is 5.84 Å². The molecule has 0 unspecified atom stereocenters. The van der Waals surface area contributed by atoms with Gasteiger partial charge in [-0.1, -0.05) is 17.7 Å². The van der Waals surface area contributed by atoms with Crippen LogP contribution in [0.15, 0.2) is 45.2 Å². The first-order valence-electron chi connectivity index (χ1n) is 4.38. The number of rotatable bonds is 3. The molecular weight excluding hydrogens is 246 g/mol. The minimum atomic E-state index is -0.00502. The van der Waals surface area contributed by atoms with E-state index < -0.39 is 0 Å². The van der Waals surface area contributed by atoms with Crippen LogP contribution >= 0.6 is 23.4 Å². The van der Waals surface area contributed by atoms with Crippen LogP contribution in [-0.2, 0) is 0 Å². The van der Waals surface area contributed by atoms with Gasteiger partial charge < -0.3 is 10.2 Å². The Hall–Kier alpha value is -1.46. The van der Waals surface area contributed by atoms with Crippen molar-refractivity contribution in [2.75, 3.05) is 0 Å². The third kappa shape index (κ3) is 2.37. The molecule has 0 amide bonds. The first kappa shape index (κ1) is 11.0. The smallest absolute Gasteiger partial charge is 0.260 e. The molecule has 0 saturated carbocycles. The molecule has 0 aliphatic heterocycles. The standard InChI is InChI=1S/C10H8ClN3OS/c11-7-5-6(9(12)13)1-2-8(7)16-10-14-3-4-15-10/h1-5H,(H3,12,13). The van der Waals surface area contributed by atoms with Crippen LogP contribution in [0, 0.1) is 5.41 Å². The second kappa shape index (κ2) is 4.59. The minimum absolute atomic E-state index is 0.00502. The molecule has 82 valence electrons. The van der Waals surface area contributed by atoms with Crippen molar-refractivity contribution in [2.45, 2.75) is 10.1 Å². The van der Waals surface area contributed by atoms with Gasteiger partial charge in [-0.3, -0.25) is 5.41 Å². The second-order valence-corrected chi connectivity index (χ2v) is 4.36. The van der Waals surface area contributed by atoms with Crippen molar-refractivity contribution in [2.24, 2.45) is 5.73 Å². The molecule has 2 aromatic rings. The molecule has 1 aromatic carbocycles. The highest BCUT2D eigenvalue weighted by Gasteiger charge is 2.07. The van der Waals surface area contributed by atoms with Crippen molar-refractivity contribution >= 4 is 29.2 Å². The van der Waals surface area contributed by atoms with Gasteiger partial charge in [0.2, 0.25) is 0 Å². The summed E-state index contributed by atoms with van der Waals surface area (Å²) in [6, 6.07) is 5.17. The lowest BCUT2D eigenvalue weighted by atomic mass is 10.2. The normalized spacial score (nSPS) is 10.3. The lowest BCUT2D eigenvalue weighted by molar-refractivity contribution is 0.454. The molecule has 0 fully saturated rings. The summed E-state index contributed by atoms with van der Waals surface area (Å²) in [7, 11) is 0. The molecule has 6 heteroatoms. The lowest BCUT2D eigenvalue weighted by Crippen LogP contribution is -2.10. The van der Waals surface area contributed by atoms with E-state index in [0.717, 1.165) is 4.90 Å². The number of benzene rings is 1. The van der Waals surface area contributed by atoms with Gasteiger partial charge in [0.1, 0.15) is 12.1 Å². The van der Waals surface area contributed by atoms with E-state index in [0.29, 0.717) is 15.8 Å². The number of aromatic nitrogens is 1. The summed E-state index contributed by atoms with van der Waals surface area (Å²) in [5, 5.41) is 8.33. The molecule has 1 heterocycles. The molecule has 0 spiro atoms. The first-order chi connectivity index (χ1) is 7.66. The van der Waals surface area contributed by atoms with Crippen LogP contribution in [0.2, 0.25) is 5.02 Å². The van der Waals surface area contributed by atoms with Crippen LogP contribution in [0.1, 0.15) is 5.56 Å². The quantitative estimate of drug-likeness (QED) is 0.651. The van der Waals surface area contributed by atoms with E-state index in [9.17, 15) is 0 Å². The Morgan fingerprint density at radius 3 is 2.88 bits per heavy atom. The first-order valence-corrected chi connectivity index (χ1v) is 5.57. The zero-order valence-corrected chi connectivity index (χ0v) is 9.68. The zero-order chi connectivity index (χ0) is 11.5. The van der Waals surface area contributed by atoms with Gasteiger partial charge in [0, 0.05) is 10.5 Å². The fourth-order valence-corrected chi connectivity index (χ4v) is 2.10. The molecular formula is C10H8ClN3OS. The van der Waals surface area contributed by atoms with E-state index in [4.69, 9.17) is 27.2 Å². The maximum absolute atomic E-state index is 7.28. The summed E-state index contributed by atoms with van der Waals surface area (Å²) >= 11 is 7.37. The topological polar surface area (TPSA) is 75.9 Å². The van der Waals surface area contributed by atoms with Gasteiger partial charge >= 0.3 is 0 Å². The fourth-order valence-electron chi connectivity index (χ4n) is 1.11. The fraction of sp³-hybridized carbons (Fsp3) is 0. The summed E-state index contributed by atoms with van der Waals surface area (Å²) in [5.74, 6) is -0.00502. The maximum Gasteiger partial charge on any atom is 0.260 e. The molecule has 0 atom stereocenters. The van der Waals surface area contributed by atoms with Gasteiger partial charge in [0.15, 0.2) is 0 Å². The highest BCUT2D eigenvalue weighted by atomic mass is 35.5. The molecule has 16 heavy (non-hydrogen) atoms. The van der Waals surface area contributed by atoms with Gasteiger partial charge in [-0.25, -0.2) is 4.98 Å². The van der Waals surface area contributed by atoms with E-state index in [1.807, 2.05) is 0 Å². The van der Waals surface area contributed by atoms with Crippen molar-refractivity contribution in [3.05, 3.63) is 41.2 Å². The van der Waals surface area contributed by atoms with Crippen LogP contribution in [0.4, 0.5) is 0 Å². The Balaban J connectivity index is 2.26. The van der Waals surface area contributed by atoms with E-state index >= 15 is 0 Å². The van der Waals surface area contributed by atoms with Crippen LogP contribution in [0.3, 0.4) is 0 Å². The Bertz CT molecular complexity index is 513. The van der Waals surface area contributed by atoms with Crippen molar-refractivity contribution in [1.82, 2.24) is 4.98 Å². The predicted octanol–water partition coefficient (Wildman–Crippen LogP) is 2.76. The summed E-state index contributed by atoms with van der Waals surface area (Å²) < 4.78 is 5.10. The molecule has 0 radical (unpaired) electrons. The number of nitrogens with zero attached hydrogens (tertiary/aromatic N) is 1. The van der Waals surface area contributed by atoms with Crippen molar-refractivity contribution in [1.29, 1.82) is 5.41 Å². The SMILES string of the molecule is N=C(N)c1ccc(Sc2ncco2)c(Cl)c1. The molecule has 3 N–H and O–H groups in total. The molecule has 1 aromatic heterocycles. The molecule has 0 bridgehead atoms. The second-order valence-electron chi connectivity index (χ2n) is 2.96. The molecule has 0 aliphatic rings. The predicted molar refractivity (Wildman–Crippen MR) is 63.1 cm³/mol. The van der Waals surface area contributed by atoms with Gasteiger partial charge in [-0.15, -0.1) is 0 Å². The minimum Gasteiger partial charge on any atom is -0.440 e. The van der Waals surface area contributed by atoms with Crippen LogP contribution in [-0.4, -0.2) is 10.8 Å². The lowest BCUT2D eigenvalue weighted by Gasteiger charge is -2.03. The van der Waals surface area contributed by atoms with E-state index in [1.165, 1.54) is 18.0 Å². The number of halogens is 1. The zero-order valence-electron chi connectivity index (χ0n) is 8.11. The Labute approximate surface area is 101 Å². The number of hydrogen-bond acceptors (Lipinski definition) is 4. The highest BCUT2D eigenvalue weighted by molar-refractivity contribution is 7.99.